The molecule has 1 N–H and O–H groups in total. The molecule has 2 aromatic rings. The summed E-state index contributed by atoms with van der Waals surface area (Å²) in [7, 11) is 0. The Balaban J connectivity index is 2.01. The molecule has 2 rings (SSSR count). The molecule has 110 valence electrons. The molecule has 0 saturated heterocycles. The zero-order valence-electron chi connectivity index (χ0n) is 11.9. The Bertz CT molecular complexity index is 695. The SMILES string of the molecule is Cc1cc(=O)oc(C)c1C(=O)NCCc1cccc(Cl)c1. The lowest BCUT2D eigenvalue weighted by Crippen LogP contribution is -2.27. The normalized spacial score (nSPS) is 10.4. The number of carbonyl (C=O) groups is 1. The van der Waals surface area contributed by atoms with Crippen molar-refractivity contribution in [3.63, 3.8) is 0 Å². The number of hydrogen-bond acceptors (Lipinski definition) is 3. The summed E-state index contributed by atoms with van der Waals surface area (Å²) in [5, 5.41) is 3.50. The Hall–Kier alpha value is -2.07. The van der Waals surface area contributed by atoms with Crippen LogP contribution in [-0.4, -0.2) is 12.5 Å². The van der Waals surface area contributed by atoms with E-state index >= 15 is 0 Å². The van der Waals surface area contributed by atoms with E-state index in [9.17, 15) is 9.59 Å². The summed E-state index contributed by atoms with van der Waals surface area (Å²) in [6.07, 6.45) is 0.682. The maximum Gasteiger partial charge on any atom is 0.336 e. The van der Waals surface area contributed by atoms with Gasteiger partial charge in [0.05, 0.1) is 5.56 Å². The van der Waals surface area contributed by atoms with Gasteiger partial charge in [0.2, 0.25) is 0 Å². The number of carbonyl (C=O) groups excluding carboxylic acids is 1. The van der Waals surface area contributed by atoms with Crippen molar-refractivity contribution in [3.05, 3.63) is 68.2 Å². The molecule has 0 bridgehead atoms. The third-order valence-corrected chi connectivity index (χ3v) is 3.38. The largest absolute Gasteiger partial charge is 0.427 e. The summed E-state index contributed by atoms with van der Waals surface area (Å²) in [5.74, 6) is 0.0935. The van der Waals surface area contributed by atoms with Crippen LogP contribution in [0.3, 0.4) is 0 Å². The molecule has 1 amide bonds. The van der Waals surface area contributed by atoms with Crippen molar-refractivity contribution in [3.8, 4) is 0 Å². The van der Waals surface area contributed by atoms with Gasteiger partial charge in [-0.25, -0.2) is 4.79 Å². The molecule has 0 spiro atoms. The summed E-state index contributed by atoms with van der Waals surface area (Å²) in [5.41, 5.74) is 1.64. The monoisotopic (exact) mass is 305 g/mol. The van der Waals surface area contributed by atoms with Crippen LogP contribution in [0.4, 0.5) is 0 Å². The standard InChI is InChI=1S/C16H16ClNO3/c1-10-8-14(19)21-11(2)15(10)16(20)18-7-6-12-4-3-5-13(17)9-12/h3-5,8-9H,6-7H2,1-2H3,(H,18,20). The first-order valence-electron chi connectivity index (χ1n) is 6.61. The molecule has 0 aliphatic carbocycles. The first kappa shape index (κ1) is 15.3. The summed E-state index contributed by atoms with van der Waals surface area (Å²) < 4.78 is 4.96. The van der Waals surface area contributed by atoms with Crippen molar-refractivity contribution in [2.75, 3.05) is 6.54 Å². The molecular formula is C16H16ClNO3. The van der Waals surface area contributed by atoms with Gasteiger partial charge in [0.15, 0.2) is 0 Å². The molecule has 0 aliphatic heterocycles. The van der Waals surface area contributed by atoms with Crippen LogP contribution in [0.2, 0.25) is 5.02 Å². The molecule has 1 heterocycles. The molecule has 1 aromatic heterocycles. The highest BCUT2D eigenvalue weighted by molar-refractivity contribution is 6.30. The minimum atomic E-state index is -0.444. The molecule has 0 unspecified atom stereocenters. The topological polar surface area (TPSA) is 59.3 Å². The van der Waals surface area contributed by atoms with Gasteiger partial charge in [-0.15, -0.1) is 0 Å². The lowest BCUT2D eigenvalue weighted by atomic mass is 10.1. The second-order valence-electron chi connectivity index (χ2n) is 4.82. The fourth-order valence-corrected chi connectivity index (χ4v) is 2.41. The Kier molecular flexibility index (Phi) is 4.81. The number of nitrogens with one attached hydrogen (secondary N) is 1. The fourth-order valence-electron chi connectivity index (χ4n) is 2.20. The molecule has 0 saturated carbocycles. The van der Waals surface area contributed by atoms with Crippen LogP contribution >= 0.6 is 11.6 Å². The van der Waals surface area contributed by atoms with Crippen LogP contribution in [-0.2, 0) is 6.42 Å². The van der Waals surface area contributed by atoms with Gasteiger partial charge in [-0.1, -0.05) is 23.7 Å². The minimum absolute atomic E-state index is 0.240. The van der Waals surface area contributed by atoms with Crippen molar-refractivity contribution in [1.82, 2.24) is 5.32 Å². The highest BCUT2D eigenvalue weighted by Crippen LogP contribution is 2.12. The molecule has 0 fully saturated rings. The van der Waals surface area contributed by atoms with E-state index < -0.39 is 5.63 Å². The Labute approximate surface area is 127 Å². The van der Waals surface area contributed by atoms with Gasteiger partial charge in [0.25, 0.3) is 5.91 Å². The molecule has 1 aromatic carbocycles. The quantitative estimate of drug-likeness (QED) is 0.945. The van der Waals surface area contributed by atoms with Gasteiger partial charge in [-0.2, -0.15) is 0 Å². The van der Waals surface area contributed by atoms with Crippen molar-refractivity contribution in [2.45, 2.75) is 20.3 Å². The third-order valence-electron chi connectivity index (χ3n) is 3.15. The van der Waals surface area contributed by atoms with Crippen molar-refractivity contribution in [1.29, 1.82) is 0 Å². The fraction of sp³-hybridized carbons (Fsp3) is 0.250. The van der Waals surface area contributed by atoms with Crippen molar-refractivity contribution < 1.29 is 9.21 Å². The van der Waals surface area contributed by atoms with E-state index in [0.717, 1.165) is 5.56 Å². The molecule has 4 nitrogen and oxygen atoms in total. The average molecular weight is 306 g/mol. The molecule has 0 aliphatic rings. The predicted molar refractivity (Wildman–Crippen MR) is 81.9 cm³/mol. The van der Waals surface area contributed by atoms with Gasteiger partial charge in [0, 0.05) is 17.6 Å². The second-order valence-corrected chi connectivity index (χ2v) is 5.25. The summed E-state index contributed by atoms with van der Waals surface area (Å²) in [6, 6.07) is 8.82. The Morgan fingerprint density at radius 2 is 2.05 bits per heavy atom. The first-order valence-corrected chi connectivity index (χ1v) is 6.99. The molecule has 0 radical (unpaired) electrons. The number of aryl methyl sites for hydroxylation is 2. The minimum Gasteiger partial charge on any atom is -0.427 e. The predicted octanol–water partition coefficient (Wildman–Crippen LogP) is 2.88. The first-order chi connectivity index (χ1) is 9.97. The van der Waals surface area contributed by atoms with E-state index in [-0.39, 0.29) is 5.91 Å². The molecule has 5 heteroatoms. The van der Waals surface area contributed by atoms with Crippen LogP contribution in [0.5, 0.6) is 0 Å². The Morgan fingerprint density at radius 3 is 2.71 bits per heavy atom. The van der Waals surface area contributed by atoms with Gasteiger partial charge >= 0.3 is 5.63 Å². The van der Waals surface area contributed by atoms with Crippen molar-refractivity contribution >= 4 is 17.5 Å². The number of hydrogen-bond donors (Lipinski definition) is 1. The van der Waals surface area contributed by atoms with Crippen LogP contribution in [0.15, 0.2) is 39.5 Å². The van der Waals surface area contributed by atoms with Crippen LogP contribution in [0.25, 0.3) is 0 Å². The lowest BCUT2D eigenvalue weighted by molar-refractivity contribution is 0.0950. The van der Waals surface area contributed by atoms with Gasteiger partial charge < -0.3 is 9.73 Å². The second kappa shape index (κ2) is 6.59. The molecule has 0 atom stereocenters. The molecular weight excluding hydrogens is 290 g/mol. The van der Waals surface area contributed by atoms with Gasteiger partial charge in [0.1, 0.15) is 5.76 Å². The van der Waals surface area contributed by atoms with E-state index in [0.29, 0.717) is 34.9 Å². The average Bonchev–Trinajstić information content (AvgIpc) is 2.37. The van der Waals surface area contributed by atoms with Crippen LogP contribution in [0, 0.1) is 13.8 Å². The van der Waals surface area contributed by atoms with Crippen LogP contribution in [0.1, 0.15) is 27.2 Å². The smallest absolute Gasteiger partial charge is 0.336 e. The number of benzene rings is 1. The van der Waals surface area contributed by atoms with Gasteiger partial charge in [-0.3, -0.25) is 4.79 Å². The zero-order valence-corrected chi connectivity index (χ0v) is 12.7. The number of amides is 1. The highest BCUT2D eigenvalue weighted by atomic mass is 35.5. The summed E-state index contributed by atoms with van der Waals surface area (Å²) in [6.45, 7) is 3.81. The maximum absolute atomic E-state index is 12.2. The molecule has 21 heavy (non-hydrogen) atoms. The summed E-state index contributed by atoms with van der Waals surface area (Å²) >= 11 is 5.91. The summed E-state index contributed by atoms with van der Waals surface area (Å²) in [4.78, 5) is 23.4. The van der Waals surface area contributed by atoms with E-state index in [1.54, 1.807) is 13.8 Å². The van der Waals surface area contributed by atoms with Crippen molar-refractivity contribution in [2.24, 2.45) is 0 Å². The van der Waals surface area contributed by atoms with E-state index in [1.807, 2.05) is 24.3 Å². The van der Waals surface area contributed by atoms with E-state index in [2.05, 4.69) is 5.32 Å². The van der Waals surface area contributed by atoms with Gasteiger partial charge in [-0.05, 0) is 43.5 Å². The maximum atomic E-state index is 12.2. The van der Waals surface area contributed by atoms with E-state index in [4.69, 9.17) is 16.0 Å². The number of rotatable bonds is 4. The zero-order chi connectivity index (χ0) is 15.4. The third kappa shape index (κ3) is 3.95. The lowest BCUT2D eigenvalue weighted by Gasteiger charge is -2.09. The van der Waals surface area contributed by atoms with E-state index in [1.165, 1.54) is 6.07 Å². The Morgan fingerprint density at radius 1 is 1.29 bits per heavy atom. The highest BCUT2D eigenvalue weighted by Gasteiger charge is 2.14. The van der Waals surface area contributed by atoms with Crippen LogP contribution < -0.4 is 10.9 Å². The number of halogens is 1.